The third-order valence-corrected chi connectivity index (χ3v) is 7.58. The van der Waals surface area contributed by atoms with Crippen LogP contribution in [0.25, 0.3) is 21.5 Å². The Balaban J connectivity index is 0.000000182. The van der Waals surface area contributed by atoms with Crippen molar-refractivity contribution in [3.8, 4) is 11.5 Å². The van der Waals surface area contributed by atoms with Gasteiger partial charge in [-0.15, -0.1) is 0 Å². The van der Waals surface area contributed by atoms with Crippen molar-refractivity contribution in [3.63, 3.8) is 0 Å². The van der Waals surface area contributed by atoms with Gasteiger partial charge in [-0.3, -0.25) is 9.59 Å². The molecular formula is C36H30Cl2N4O4. The number of carbonyl (C=O) groups is 2. The van der Waals surface area contributed by atoms with E-state index in [0.29, 0.717) is 33.7 Å². The first-order valence-corrected chi connectivity index (χ1v) is 15.1. The second kappa shape index (κ2) is 14.7. The highest BCUT2D eigenvalue weighted by molar-refractivity contribution is 6.30. The van der Waals surface area contributed by atoms with Crippen molar-refractivity contribution in [1.82, 2.24) is 9.97 Å². The highest BCUT2D eigenvalue weighted by atomic mass is 35.5. The first-order valence-electron chi connectivity index (χ1n) is 14.3. The maximum absolute atomic E-state index is 12.9. The SMILES string of the molecule is CCN(C(=O)c1ccc2cc(OC)ccc2c1)c1ccnc(Cl)c1.COc1ccc2cc(C(=O)Nc3ccnc(Cl)c3)ccc2c1. The molecule has 2 heterocycles. The highest BCUT2D eigenvalue weighted by Crippen LogP contribution is 2.25. The molecule has 0 saturated carbocycles. The molecule has 0 aliphatic rings. The zero-order valence-corrected chi connectivity index (χ0v) is 26.8. The maximum Gasteiger partial charge on any atom is 0.258 e. The Morgan fingerprint density at radius 3 is 1.76 bits per heavy atom. The molecule has 232 valence electrons. The largest absolute Gasteiger partial charge is 0.497 e. The Kier molecular flexibility index (Phi) is 10.3. The number of rotatable bonds is 7. The Morgan fingerprint density at radius 1 is 0.674 bits per heavy atom. The molecule has 4 aromatic carbocycles. The van der Waals surface area contributed by atoms with E-state index in [-0.39, 0.29) is 11.8 Å². The molecule has 0 fully saturated rings. The average Bonchev–Trinajstić information content (AvgIpc) is 3.08. The van der Waals surface area contributed by atoms with Crippen molar-refractivity contribution >= 4 is 67.9 Å². The van der Waals surface area contributed by atoms with Gasteiger partial charge in [0.1, 0.15) is 21.8 Å². The molecule has 2 amide bonds. The summed E-state index contributed by atoms with van der Waals surface area (Å²) in [6.45, 7) is 2.47. The number of anilines is 2. The van der Waals surface area contributed by atoms with E-state index >= 15 is 0 Å². The number of nitrogens with zero attached hydrogens (tertiary/aromatic N) is 3. The summed E-state index contributed by atoms with van der Waals surface area (Å²) in [5.74, 6) is 1.32. The van der Waals surface area contributed by atoms with Crippen LogP contribution in [0, 0.1) is 0 Å². The number of ether oxygens (including phenoxy) is 2. The van der Waals surface area contributed by atoms with Crippen molar-refractivity contribution in [2.75, 3.05) is 31.0 Å². The molecule has 6 aromatic rings. The Labute approximate surface area is 276 Å². The summed E-state index contributed by atoms with van der Waals surface area (Å²) in [6, 6.07) is 29.4. The monoisotopic (exact) mass is 652 g/mol. The minimum atomic E-state index is -0.194. The van der Waals surface area contributed by atoms with Crippen molar-refractivity contribution in [2.24, 2.45) is 0 Å². The van der Waals surface area contributed by atoms with Gasteiger partial charge < -0.3 is 19.7 Å². The van der Waals surface area contributed by atoms with Crippen LogP contribution in [0.4, 0.5) is 11.4 Å². The first-order chi connectivity index (χ1) is 22.3. The summed E-state index contributed by atoms with van der Waals surface area (Å²) in [5.41, 5.74) is 2.55. The standard InChI is InChI=1S/C19H17ClN2O2.C17H13ClN2O2/c1-3-22(16-8-9-21-18(20)12-16)19(23)15-5-4-14-11-17(24-2)7-6-13(14)10-15;1-22-15-5-4-11-8-13(3-2-12(11)9-15)17(21)20-14-6-7-19-16(18)10-14/h4-12H,3H2,1-2H3;2-10H,1H3,(H,19,20,21). The summed E-state index contributed by atoms with van der Waals surface area (Å²) in [5, 5.41) is 7.51. The van der Waals surface area contributed by atoms with Crippen LogP contribution < -0.4 is 19.7 Å². The number of fused-ring (bicyclic) bond motifs is 2. The van der Waals surface area contributed by atoms with E-state index in [2.05, 4.69) is 15.3 Å². The van der Waals surface area contributed by atoms with Crippen molar-refractivity contribution in [3.05, 3.63) is 131 Å². The molecule has 2 aromatic heterocycles. The van der Waals surface area contributed by atoms with Gasteiger partial charge in [0.25, 0.3) is 11.8 Å². The number of pyridine rings is 2. The van der Waals surface area contributed by atoms with E-state index in [0.717, 1.165) is 38.7 Å². The first kappa shape index (κ1) is 32.2. The van der Waals surface area contributed by atoms with Crippen molar-refractivity contribution < 1.29 is 19.1 Å². The number of amides is 2. The van der Waals surface area contributed by atoms with Gasteiger partial charge in [-0.05, 0) is 101 Å². The van der Waals surface area contributed by atoms with E-state index < -0.39 is 0 Å². The topological polar surface area (TPSA) is 93.7 Å². The second-order valence-corrected chi connectivity index (χ2v) is 10.8. The third-order valence-electron chi connectivity index (χ3n) is 7.17. The van der Waals surface area contributed by atoms with Gasteiger partial charge >= 0.3 is 0 Å². The Morgan fingerprint density at radius 2 is 1.20 bits per heavy atom. The predicted molar refractivity (Wildman–Crippen MR) is 185 cm³/mol. The number of nitrogens with one attached hydrogen (secondary N) is 1. The molecule has 0 spiro atoms. The fourth-order valence-corrected chi connectivity index (χ4v) is 5.16. The summed E-state index contributed by atoms with van der Waals surface area (Å²) in [4.78, 5) is 34.7. The number of hydrogen-bond donors (Lipinski definition) is 1. The van der Waals surface area contributed by atoms with Gasteiger partial charge in [0.2, 0.25) is 0 Å². The molecular weight excluding hydrogens is 623 g/mol. The summed E-state index contributed by atoms with van der Waals surface area (Å²) in [7, 11) is 3.26. The molecule has 10 heteroatoms. The average molecular weight is 654 g/mol. The quantitative estimate of drug-likeness (QED) is 0.173. The second-order valence-electron chi connectivity index (χ2n) is 10.1. The van der Waals surface area contributed by atoms with Crippen LogP contribution in [-0.2, 0) is 0 Å². The Bertz CT molecular complexity index is 2040. The number of aromatic nitrogens is 2. The fraction of sp³-hybridized carbons (Fsp3) is 0.111. The molecule has 0 radical (unpaired) electrons. The Hall–Kier alpha value is -5.18. The smallest absolute Gasteiger partial charge is 0.258 e. The molecule has 1 N–H and O–H groups in total. The van der Waals surface area contributed by atoms with Crippen LogP contribution in [0.2, 0.25) is 10.3 Å². The lowest BCUT2D eigenvalue weighted by atomic mass is 10.1. The van der Waals surface area contributed by atoms with Crippen LogP contribution in [0.1, 0.15) is 27.6 Å². The fourth-order valence-electron chi connectivity index (χ4n) is 4.82. The molecule has 0 unspecified atom stereocenters. The zero-order chi connectivity index (χ0) is 32.6. The number of halogens is 2. The predicted octanol–water partition coefficient (Wildman–Crippen LogP) is 8.71. The lowest BCUT2D eigenvalue weighted by Gasteiger charge is -2.21. The lowest BCUT2D eigenvalue weighted by molar-refractivity contribution is 0.0986. The van der Waals surface area contributed by atoms with Gasteiger partial charge in [-0.1, -0.05) is 47.5 Å². The minimum absolute atomic E-state index is 0.0718. The summed E-state index contributed by atoms with van der Waals surface area (Å²) >= 11 is 11.7. The van der Waals surface area contributed by atoms with Gasteiger partial charge in [0, 0.05) is 41.4 Å². The van der Waals surface area contributed by atoms with Crippen LogP contribution in [0.3, 0.4) is 0 Å². The molecule has 0 atom stereocenters. The summed E-state index contributed by atoms with van der Waals surface area (Å²) in [6.07, 6.45) is 3.14. The van der Waals surface area contributed by atoms with Crippen LogP contribution >= 0.6 is 23.2 Å². The molecule has 0 aliphatic carbocycles. The zero-order valence-electron chi connectivity index (χ0n) is 25.3. The molecule has 0 aliphatic heterocycles. The van der Waals surface area contributed by atoms with Crippen LogP contribution in [-0.4, -0.2) is 42.5 Å². The van der Waals surface area contributed by atoms with Gasteiger partial charge in [-0.2, -0.15) is 0 Å². The molecule has 0 bridgehead atoms. The van der Waals surface area contributed by atoms with Gasteiger partial charge in [0.05, 0.1) is 14.2 Å². The maximum atomic E-state index is 12.9. The lowest BCUT2D eigenvalue weighted by Crippen LogP contribution is -2.30. The van der Waals surface area contributed by atoms with E-state index in [1.54, 1.807) is 61.8 Å². The number of hydrogen-bond acceptors (Lipinski definition) is 6. The van der Waals surface area contributed by atoms with Crippen LogP contribution in [0.15, 0.2) is 109 Å². The number of carbonyl (C=O) groups excluding carboxylic acids is 2. The van der Waals surface area contributed by atoms with E-state index in [9.17, 15) is 9.59 Å². The van der Waals surface area contributed by atoms with Crippen molar-refractivity contribution in [2.45, 2.75) is 6.92 Å². The van der Waals surface area contributed by atoms with E-state index in [1.807, 2.05) is 73.7 Å². The minimum Gasteiger partial charge on any atom is -0.497 e. The molecule has 0 saturated heterocycles. The highest BCUT2D eigenvalue weighted by Gasteiger charge is 2.17. The normalized spacial score (nSPS) is 10.5. The van der Waals surface area contributed by atoms with E-state index in [4.69, 9.17) is 32.7 Å². The van der Waals surface area contributed by atoms with Crippen LogP contribution in [0.5, 0.6) is 11.5 Å². The van der Waals surface area contributed by atoms with E-state index in [1.165, 1.54) is 0 Å². The summed E-state index contributed by atoms with van der Waals surface area (Å²) < 4.78 is 10.4. The number of methoxy groups -OCH3 is 2. The number of benzene rings is 4. The van der Waals surface area contributed by atoms with Gasteiger partial charge in [0.15, 0.2) is 0 Å². The van der Waals surface area contributed by atoms with Gasteiger partial charge in [-0.25, -0.2) is 9.97 Å². The molecule has 46 heavy (non-hydrogen) atoms. The third kappa shape index (κ3) is 7.72. The van der Waals surface area contributed by atoms with Crippen molar-refractivity contribution in [1.29, 1.82) is 0 Å². The molecule has 8 nitrogen and oxygen atoms in total. The molecule has 6 rings (SSSR count).